The van der Waals surface area contributed by atoms with Crippen LogP contribution in [0.4, 0.5) is 0 Å². The third kappa shape index (κ3) is 5.27. The number of amides is 2. The van der Waals surface area contributed by atoms with Crippen LogP contribution < -0.4 is 15.6 Å². The molecule has 23 heavy (non-hydrogen) atoms. The van der Waals surface area contributed by atoms with Crippen LogP contribution in [-0.2, 0) is 4.79 Å². The highest BCUT2D eigenvalue weighted by Gasteiger charge is 2.07. The molecule has 0 spiro atoms. The number of carbonyl (C=O) groups is 2. The van der Waals surface area contributed by atoms with Crippen LogP contribution in [0.15, 0.2) is 48.5 Å². The standard InChI is InChI=1S/C16H12IN3O3/c17-13-5-3-12(4-6-13)16(22)20-19-15(21)10-23-14-7-1-11(9-18)2-8-14/h1-8H,10H2,(H,19,21)(H,20,22). The van der Waals surface area contributed by atoms with Gasteiger partial charge in [0, 0.05) is 9.13 Å². The molecule has 2 aromatic rings. The van der Waals surface area contributed by atoms with Gasteiger partial charge in [0.05, 0.1) is 11.6 Å². The fraction of sp³-hybridized carbons (Fsp3) is 0.0625. The number of nitrogens with one attached hydrogen (secondary N) is 2. The molecule has 2 amide bonds. The minimum atomic E-state index is -0.492. The van der Waals surface area contributed by atoms with Gasteiger partial charge in [-0.2, -0.15) is 5.26 Å². The predicted molar refractivity (Wildman–Crippen MR) is 91.4 cm³/mol. The molecule has 0 heterocycles. The molecule has 0 atom stereocenters. The van der Waals surface area contributed by atoms with E-state index < -0.39 is 11.8 Å². The van der Waals surface area contributed by atoms with Crippen LogP contribution in [0.2, 0.25) is 0 Å². The molecule has 6 nitrogen and oxygen atoms in total. The SMILES string of the molecule is N#Cc1ccc(OCC(=O)NNC(=O)c2ccc(I)cc2)cc1. The molecule has 0 bridgehead atoms. The second-order valence-corrected chi connectivity index (χ2v) is 5.68. The van der Waals surface area contributed by atoms with Crippen LogP contribution in [0.1, 0.15) is 15.9 Å². The van der Waals surface area contributed by atoms with Gasteiger partial charge in [0.25, 0.3) is 11.8 Å². The maximum Gasteiger partial charge on any atom is 0.276 e. The number of benzene rings is 2. The van der Waals surface area contributed by atoms with E-state index in [1.54, 1.807) is 48.5 Å². The summed E-state index contributed by atoms with van der Waals surface area (Å²) >= 11 is 2.14. The molecule has 0 radical (unpaired) electrons. The molecule has 0 saturated heterocycles. The monoisotopic (exact) mass is 421 g/mol. The van der Waals surface area contributed by atoms with Gasteiger partial charge in [-0.1, -0.05) is 0 Å². The lowest BCUT2D eigenvalue weighted by Crippen LogP contribution is -2.43. The first-order valence-corrected chi connectivity index (χ1v) is 7.64. The Morgan fingerprint density at radius 3 is 2.30 bits per heavy atom. The fourth-order valence-electron chi connectivity index (χ4n) is 1.61. The summed E-state index contributed by atoms with van der Waals surface area (Å²) in [6.45, 7) is -0.251. The molecular weight excluding hydrogens is 409 g/mol. The minimum Gasteiger partial charge on any atom is -0.484 e. The Balaban J connectivity index is 1.77. The van der Waals surface area contributed by atoms with Crippen LogP contribution >= 0.6 is 22.6 Å². The molecule has 0 aliphatic rings. The van der Waals surface area contributed by atoms with Gasteiger partial charge in [-0.05, 0) is 71.1 Å². The van der Waals surface area contributed by atoms with Crippen LogP contribution in [0.5, 0.6) is 5.75 Å². The van der Waals surface area contributed by atoms with Crippen molar-refractivity contribution in [3.8, 4) is 11.8 Å². The number of hydrazine groups is 1. The summed E-state index contributed by atoms with van der Waals surface area (Å²) in [6, 6.07) is 15.3. The molecule has 0 aliphatic carbocycles. The minimum absolute atomic E-state index is 0.251. The van der Waals surface area contributed by atoms with E-state index in [0.29, 0.717) is 16.9 Å². The molecular formula is C16H12IN3O3. The highest BCUT2D eigenvalue weighted by Crippen LogP contribution is 2.11. The molecule has 7 heteroatoms. The van der Waals surface area contributed by atoms with Crippen molar-refractivity contribution in [1.29, 1.82) is 5.26 Å². The average molecular weight is 421 g/mol. The Kier molecular flexibility index (Phi) is 5.94. The van der Waals surface area contributed by atoms with Crippen LogP contribution in [0, 0.1) is 14.9 Å². The highest BCUT2D eigenvalue weighted by molar-refractivity contribution is 14.1. The smallest absolute Gasteiger partial charge is 0.276 e. The van der Waals surface area contributed by atoms with Crippen LogP contribution in [0.25, 0.3) is 0 Å². The van der Waals surface area contributed by atoms with Crippen molar-refractivity contribution in [2.75, 3.05) is 6.61 Å². The van der Waals surface area contributed by atoms with Gasteiger partial charge in [0.15, 0.2) is 6.61 Å². The van der Waals surface area contributed by atoms with Crippen molar-refractivity contribution >= 4 is 34.4 Å². The van der Waals surface area contributed by atoms with Crippen molar-refractivity contribution in [3.63, 3.8) is 0 Å². The second kappa shape index (κ2) is 8.14. The first-order chi connectivity index (χ1) is 11.1. The summed E-state index contributed by atoms with van der Waals surface area (Å²) in [5.41, 5.74) is 5.53. The average Bonchev–Trinajstić information content (AvgIpc) is 2.59. The van der Waals surface area contributed by atoms with Gasteiger partial charge in [-0.15, -0.1) is 0 Å². The lowest BCUT2D eigenvalue weighted by Gasteiger charge is -2.09. The fourth-order valence-corrected chi connectivity index (χ4v) is 1.97. The van der Waals surface area contributed by atoms with Crippen molar-refractivity contribution in [2.24, 2.45) is 0 Å². The zero-order valence-corrected chi connectivity index (χ0v) is 14.0. The maximum absolute atomic E-state index is 11.8. The number of rotatable bonds is 4. The summed E-state index contributed by atoms with van der Waals surface area (Å²) in [4.78, 5) is 23.4. The van der Waals surface area contributed by atoms with Gasteiger partial charge < -0.3 is 4.74 Å². The van der Waals surface area contributed by atoms with Crippen molar-refractivity contribution in [3.05, 3.63) is 63.2 Å². The first kappa shape index (κ1) is 16.8. The predicted octanol–water partition coefficient (Wildman–Crippen LogP) is 2.00. The summed E-state index contributed by atoms with van der Waals surface area (Å²) in [6.07, 6.45) is 0. The molecule has 0 fully saturated rings. The van der Waals surface area contributed by atoms with Gasteiger partial charge in [0.1, 0.15) is 5.75 Å². The van der Waals surface area contributed by atoms with Gasteiger partial charge in [0.2, 0.25) is 0 Å². The Labute approximate surface area is 146 Å². The van der Waals surface area contributed by atoms with E-state index in [-0.39, 0.29) is 6.61 Å². The molecule has 0 unspecified atom stereocenters. The van der Waals surface area contributed by atoms with E-state index in [1.807, 2.05) is 6.07 Å². The third-order valence-corrected chi connectivity index (χ3v) is 3.49. The quantitative estimate of drug-likeness (QED) is 0.584. The summed E-state index contributed by atoms with van der Waals surface area (Å²) in [5, 5.41) is 8.68. The van der Waals surface area contributed by atoms with E-state index in [0.717, 1.165) is 3.57 Å². The Morgan fingerprint density at radius 1 is 1.04 bits per heavy atom. The van der Waals surface area contributed by atoms with E-state index in [1.165, 1.54) is 0 Å². The maximum atomic E-state index is 11.8. The lowest BCUT2D eigenvalue weighted by molar-refractivity contribution is -0.123. The van der Waals surface area contributed by atoms with E-state index in [2.05, 4.69) is 33.4 Å². The number of ether oxygens (including phenoxy) is 1. The Morgan fingerprint density at radius 2 is 1.70 bits per heavy atom. The van der Waals surface area contributed by atoms with Crippen LogP contribution in [-0.4, -0.2) is 18.4 Å². The zero-order valence-electron chi connectivity index (χ0n) is 11.9. The second-order valence-electron chi connectivity index (χ2n) is 4.43. The normalized spacial score (nSPS) is 9.57. The number of nitriles is 1. The third-order valence-electron chi connectivity index (χ3n) is 2.78. The summed E-state index contributed by atoms with van der Waals surface area (Å²) in [5.74, 6) is -0.440. The summed E-state index contributed by atoms with van der Waals surface area (Å²) < 4.78 is 6.26. The lowest BCUT2D eigenvalue weighted by atomic mass is 10.2. The molecule has 116 valence electrons. The van der Waals surface area contributed by atoms with Crippen molar-refractivity contribution < 1.29 is 14.3 Å². The molecule has 2 N–H and O–H groups in total. The summed E-state index contributed by atoms with van der Waals surface area (Å²) in [7, 11) is 0. The highest BCUT2D eigenvalue weighted by atomic mass is 127. The molecule has 0 aliphatic heterocycles. The first-order valence-electron chi connectivity index (χ1n) is 6.56. The van der Waals surface area contributed by atoms with E-state index in [4.69, 9.17) is 10.00 Å². The Hall–Kier alpha value is -2.60. The number of hydrogen-bond acceptors (Lipinski definition) is 4. The van der Waals surface area contributed by atoms with Gasteiger partial charge in [-0.3, -0.25) is 20.4 Å². The van der Waals surface area contributed by atoms with E-state index >= 15 is 0 Å². The van der Waals surface area contributed by atoms with Crippen molar-refractivity contribution in [1.82, 2.24) is 10.9 Å². The van der Waals surface area contributed by atoms with Crippen molar-refractivity contribution in [2.45, 2.75) is 0 Å². The van der Waals surface area contributed by atoms with Gasteiger partial charge >= 0.3 is 0 Å². The number of carbonyl (C=O) groups excluding carboxylic acids is 2. The number of halogens is 1. The number of nitrogens with zero attached hydrogens (tertiary/aromatic N) is 1. The number of hydrogen-bond donors (Lipinski definition) is 2. The topological polar surface area (TPSA) is 91.2 Å². The van der Waals surface area contributed by atoms with Gasteiger partial charge in [-0.25, -0.2) is 0 Å². The molecule has 0 saturated carbocycles. The largest absolute Gasteiger partial charge is 0.484 e. The Bertz CT molecular complexity index is 737. The van der Waals surface area contributed by atoms with Crippen LogP contribution in [0.3, 0.4) is 0 Å². The molecule has 0 aromatic heterocycles. The van der Waals surface area contributed by atoms with E-state index in [9.17, 15) is 9.59 Å². The molecule has 2 aromatic carbocycles. The molecule has 2 rings (SSSR count). The zero-order chi connectivity index (χ0) is 16.7.